The second kappa shape index (κ2) is 12.4. The van der Waals surface area contributed by atoms with Crippen LogP contribution >= 0.6 is 23.1 Å². The zero-order valence-electron chi connectivity index (χ0n) is 17.9. The molecule has 0 spiro atoms. The van der Waals surface area contributed by atoms with Gasteiger partial charge < -0.3 is 10.2 Å². The van der Waals surface area contributed by atoms with E-state index in [4.69, 9.17) is 16.6 Å². The van der Waals surface area contributed by atoms with Crippen molar-refractivity contribution in [3.63, 3.8) is 0 Å². The Morgan fingerprint density at radius 3 is 2.55 bits per heavy atom. The molecule has 7 heteroatoms. The van der Waals surface area contributed by atoms with Crippen LogP contribution in [0.3, 0.4) is 0 Å². The molecule has 1 amide bonds. The van der Waals surface area contributed by atoms with Crippen molar-refractivity contribution in [2.45, 2.75) is 45.6 Å². The SMILES string of the molecule is CCCCCCNC(=O)CN(Cc1ccccc1)c1nc(Cc2ccc(Cl)cc2)ns1. The van der Waals surface area contributed by atoms with Crippen molar-refractivity contribution in [1.82, 2.24) is 14.7 Å². The van der Waals surface area contributed by atoms with Crippen LogP contribution in [0.25, 0.3) is 0 Å². The van der Waals surface area contributed by atoms with E-state index >= 15 is 0 Å². The van der Waals surface area contributed by atoms with Crippen molar-refractivity contribution in [2.75, 3.05) is 18.0 Å². The van der Waals surface area contributed by atoms with Crippen LogP contribution in [-0.2, 0) is 17.8 Å². The van der Waals surface area contributed by atoms with Crippen LogP contribution in [0, 0.1) is 0 Å². The van der Waals surface area contributed by atoms with Crippen LogP contribution < -0.4 is 10.2 Å². The monoisotopic (exact) mass is 456 g/mol. The van der Waals surface area contributed by atoms with Crippen molar-refractivity contribution in [3.05, 3.63) is 76.6 Å². The molecule has 1 N–H and O–H groups in total. The van der Waals surface area contributed by atoms with E-state index in [0.29, 0.717) is 18.0 Å². The van der Waals surface area contributed by atoms with Crippen molar-refractivity contribution < 1.29 is 4.79 Å². The molecule has 0 atom stereocenters. The number of aromatic nitrogens is 2. The van der Waals surface area contributed by atoms with E-state index < -0.39 is 0 Å². The van der Waals surface area contributed by atoms with Gasteiger partial charge in [0.1, 0.15) is 5.82 Å². The fourth-order valence-corrected chi connectivity index (χ4v) is 4.04. The van der Waals surface area contributed by atoms with E-state index in [2.05, 4.69) is 28.7 Å². The van der Waals surface area contributed by atoms with Crippen molar-refractivity contribution in [1.29, 1.82) is 0 Å². The molecule has 0 saturated carbocycles. The zero-order valence-corrected chi connectivity index (χ0v) is 19.5. The molecule has 1 heterocycles. The van der Waals surface area contributed by atoms with Crippen LogP contribution in [0.4, 0.5) is 5.13 Å². The number of amides is 1. The lowest BCUT2D eigenvalue weighted by molar-refractivity contribution is -0.119. The Morgan fingerprint density at radius 1 is 1.03 bits per heavy atom. The highest BCUT2D eigenvalue weighted by atomic mass is 35.5. The molecule has 164 valence electrons. The summed E-state index contributed by atoms with van der Waals surface area (Å²) in [7, 11) is 0. The number of nitrogens with zero attached hydrogens (tertiary/aromatic N) is 3. The van der Waals surface area contributed by atoms with Gasteiger partial charge in [-0.2, -0.15) is 4.37 Å². The first-order valence-corrected chi connectivity index (χ1v) is 11.9. The third-order valence-corrected chi connectivity index (χ3v) is 5.97. The molecule has 1 aromatic heterocycles. The molecule has 0 radical (unpaired) electrons. The summed E-state index contributed by atoms with van der Waals surface area (Å²) in [6, 6.07) is 17.8. The van der Waals surface area contributed by atoms with E-state index in [1.165, 1.54) is 24.4 Å². The Morgan fingerprint density at radius 2 is 1.81 bits per heavy atom. The van der Waals surface area contributed by atoms with Gasteiger partial charge in [-0.25, -0.2) is 4.98 Å². The Bertz CT molecular complexity index is 930. The largest absolute Gasteiger partial charge is 0.355 e. The molecule has 0 aliphatic heterocycles. The molecule has 31 heavy (non-hydrogen) atoms. The first kappa shape index (κ1) is 23.2. The minimum atomic E-state index is 0.0156. The van der Waals surface area contributed by atoms with Crippen molar-refractivity contribution in [2.24, 2.45) is 0 Å². The smallest absolute Gasteiger partial charge is 0.239 e. The van der Waals surface area contributed by atoms with Crippen LogP contribution in [0.15, 0.2) is 54.6 Å². The number of anilines is 1. The summed E-state index contributed by atoms with van der Waals surface area (Å²) in [4.78, 5) is 19.3. The lowest BCUT2D eigenvalue weighted by atomic mass is 10.1. The molecule has 0 unspecified atom stereocenters. The average molecular weight is 457 g/mol. The fraction of sp³-hybridized carbons (Fsp3) is 0.375. The fourth-order valence-electron chi connectivity index (χ4n) is 3.23. The predicted octanol–water partition coefficient (Wildman–Crippen LogP) is 5.49. The maximum atomic E-state index is 12.6. The van der Waals surface area contributed by atoms with Crippen LogP contribution in [-0.4, -0.2) is 28.4 Å². The van der Waals surface area contributed by atoms with Gasteiger partial charge in [-0.15, -0.1) is 0 Å². The molecule has 0 saturated heterocycles. The predicted molar refractivity (Wildman–Crippen MR) is 129 cm³/mol. The molecule has 0 fully saturated rings. The highest BCUT2D eigenvalue weighted by molar-refractivity contribution is 7.09. The normalized spacial score (nSPS) is 10.8. The van der Waals surface area contributed by atoms with Gasteiger partial charge >= 0.3 is 0 Å². The van der Waals surface area contributed by atoms with Gasteiger partial charge in [0.15, 0.2) is 0 Å². The van der Waals surface area contributed by atoms with Crippen LogP contribution in [0.2, 0.25) is 5.02 Å². The second-order valence-electron chi connectivity index (χ2n) is 7.55. The molecule has 0 aliphatic rings. The molecule has 2 aromatic carbocycles. The minimum Gasteiger partial charge on any atom is -0.355 e. The number of hydrogen-bond donors (Lipinski definition) is 1. The van der Waals surface area contributed by atoms with E-state index in [9.17, 15) is 4.79 Å². The molecule has 3 aromatic rings. The maximum Gasteiger partial charge on any atom is 0.239 e. The summed E-state index contributed by atoms with van der Waals surface area (Å²) < 4.78 is 4.52. The highest BCUT2D eigenvalue weighted by Crippen LogP contribution is 2.21. The van der Waals surface area contributed by atoms with Crippen molar-refractivity contribution >= 4 is 34.2 Å². The number of hydrogen-bond acceptors (Lipinski definition) is 5. The number of halogens is 1. The highest BCUT2D eigenvalue weighted by Gasteiger charge is 2.17. The number of carbonyl (C=O) groups excluding carboxylic acids is 1. The lowest BCUT2D eigenvalue weighted by Gasteiger charge is -2.21. The molecule has 0 bridgehead atoms. The van der Waals surface area contributed by atoms with Crippen LogP contribution in [0.5, 0.6) is 0 Å². The van der Waals surface area contributed by atoms with Gasteiger partial charge in [-0.3, -0.25) is 4.79 Å². The zero-order chi connectivity index (χ0) is 21.9. The minimum absolute atomic E-state index is 0.0156. The first-order valence-electron chi connectivity index (χ1n) is 10.8. The summed E-state index contributed by atoms with van der Waals surface area (Å²) in [6.07, 6.45) is 5.19. The quantitative estimate of drug-likeness (QED) is 0.366. The number of carbonyl (C=O) groups is 1. The Hall–Kier alpha value is -2.44. The Balaban J connectivity index is 1.65. The summed E-state index contributed by atoms with van der Waals surface area (Å²) >= 11 is 7.31. The summed E-state index contributed by atoms with van der Waals surface area (Å²) in [6.45, 7) is 3.77. The molecule has 3 rings (SSSR count). The Labute approximate surface area is 193 Å². The van der Waals surface area contributed by atoms with Gasteiger partial charge in [0.25, 0.3) is 0 Å². The third-order valence-electron chi connectivity index (χ3n) is 4.91. The third kappa shape index (κ3) is 7.96. The van der Waals surface area contributed by atoms with Gasteiger partial charge in [-0.05, 0) is 29.7 Å². The van der Waals surface area contributed by atoms with Crippen LogP contribution in [0.1, 0.15) is 49.6 Å². The first-order chi connectivity index (χ1) is 15.1. The van der Waals surface area contributed by atoms with E-state index in [1.807, 2.05) is 47.4 Å². The van der Waals surface area contributed by atoms with Gasteiger partial charge in [0.05, 0.1) is 6.54 Å². The molecular formula is C24H29ClN4OS. The molecule has 5 nitrogen and oxygen atoms in total. The van der Waals surface area contributed by atoms with E-state index in [1.54, 1.807) is 0 Å². The topological polar surface area (TPSA) is 58.1 Å². The van der Waals surface area contributed by atoms with Crippen molar-refractivity contribution in [3.8, 4) is 0 Å². The number of rotatable bonds is 12. The van der Waals surface area contributed by atoms with E-state index in [0.717, 1.165) is 41.5 Å². The Kier molecular flexibility index (Phi) is 9.31. The maximum absolute atomic E-state index is 12.6. The van der Waals surface area contributed by atoms with Gasteiger partial charge in [0, 0.05) is 36.1 Å². The standard InChI is InChI=1S/C24H29ClN4OS/c1-2-3-4-8-15-26-23(30)18-29(17-20-9-6-5-7-10-20)24-27-22(28-31-24)16-19-11-13-21(25)14-12-19/h5-7,9-14H,2-4,8,15-18H2,1H3,(H,26,30). The average Bonchev–Trinajstić information content (AvgIpc) is 3.24. The number of unbranched alkanes of at least 4 members (excludes halogenated alkanes) is 3. The van der Waals surface area contributed by atoms with Gasteiger partial charge in [0.2, 0.25) is 11.0 Å². The number of nitrogens with one attached hydrogen (secondary N) is 1. The lowest BCUT2D eigenvalue weighted by Crippen LogP contribution is -2.37. The molecule has 0 aliphatic carbocycles. The summed E-state index contributed by atoms with van der Waals surface area (Å²) in [5.74, 6) is 0.766. The summed E-state index contributed by atoms with van der Waals surface area (Å²) in [5.41, 5.74) is 2.24. The number of benzene rings is 2. The van der Waals surface area contributed by atoms with Gasteiger partial charge in [-0.1, -0.05) is 80.3 Å². The molecular weight excluding hydrogens is 428 g/mol. The van der Waals surface area contributed by atoms with E-state index in [-0.39, 0.29) is 12.5 Å². The second-order valence-corrected chi connectivity index (χ2v) is 8.72. The summed E-state index contributed by atoms with van der Waals surface area (Å²) in [5, 5.41) is 4.51.